The Bertz CT molecular complexity index is 594. The van der Waals surface area contributed by atoms with Gasteiger partial charge in [0.1, 0.15) is 11.8 Å². The molecule has 1 aromatic carbocycles. The molecule has 0 fully saturated rings. The minimum absolute atomic E-state index is 0.112. The molecule has 0 spiro atoms. The Morgan fingerprint density at radius 2 is 2.10 bits per heavy atom. The van der Waals surface area contributed by atoms with Crippen LogP contribution in [0.1, 0.15) is 25.5 Å². The first-order valence-corrected chi connectivity index (χ1v) is 6.95. The number of nitrogens with zero attached hydrogens (tertiary/aromatic N) is 1. The van der Waals surface area contributed by atoms with Crippen molar-refractivity contribution in [1.82, 2.24) is 4.57 Å². The molecule has 2 N–H and O–H groups in total. The van der Waals surface area contributed by atoms with Gasteiger partial charge in [0.05, 0.1) is 13.2 Å². The van der Waals surface area contributed by atoms with Gasteiger partial charge in [0.15, 0.2) is 0 Å². The molecule has 21 heavy (non-hydrogen) atoms. The average molecular weight is 288 g/mol. The van der Waals surface area contributed by atoms with Crippen LogP contribution in [-0.2, 0) is 11.4 Å². The van der Waals surface area contributed by atoms with Crippen molar-refractivity contribution in [2.24, 2.45) is 0 Å². The Morgan fingerprint density at radius 1 is 1.38 bits per heavy atom. The van der Waals surface area contributed by atoms with Gasteiger partial charge in [0.25, 0.3) is 0 Å². The minimum Gasteiger partial charge on any atom is -0.494 e. The van der Waals surface area contributed by atoms with Crippen molar-refractivity contribution in [1.29, 1.82) is 0 Å². The maximum Gasteiger partial charge on any atom is 0.247 e. The predicted molar refractivity (Wildman–Crippen MR) is 81.3 cm³/mol. The summed E-state index contributed by atoms with van der Waals surface area (Å²) in [6.45, 7) is 4.11. The highest BCUT2D eigenvalue weighted by atomic mass is 16.5. The molecule has 0 aliphatic heterocycles. The summed E-state index contributed by atoms with van der Waals surface area (Å²) in [4.78, 5) is 12.2. The highest BCUT2D eigenvalue weighted by Gasteiger charge is 2.14. The highest BCUT2D eigenvalue weighted by Crippen LogP contribution is 2.23. The molecule has 2 rings (SSSR count). The van der Waals surface area contributed by atoms with Crippen LogP contribution in [0.15, 0.2) is 42.7 Å². The van der Waals surface area contributed by atoms with Gasteiger partial charge >= 0.3 is 0 Å². The third-order valence-corrected chi connectivity index (χ3v) is 3.25. The molecule has 2 aromatic rings. The van der Waals surface area contributed by atoms with Gasteiger partial charge in [-0.3, -0.25) is 4.79 Å². The molecule has 1 heterocycles. The summed E-state index contributed by atoms with van der Waals surface area (Å²) in [5, 5.41) is 12.2. The Hall–Kier alpha value is -2.27. The fourth-order valence-corrected chi connectivity index (χ4v) is 2.07. The van der Waals surface area contributed by atoms with Crippen molar-refractivity contribution < 1.29 is 14.6 Å². The molecule has 0 saturated carbocycles. The number of aliphatic hydroxyl groups is 1. The fraction of sp³-hybridized carbons (Fsp3) is 0.312. The SMILES string of the molecule is CCOc1ccc(NC(=O)C(C)n2cccc2)cc1CO. The van der Waals surface area contributed by atoms with Crippen molar-refractivity contribution >= 4 is 11.6 Å². The number of anilines is 1. The van der Waals surface area contributed by atoms with Gasteiger partial charge in [-0.25, -0.2) is 0 Å². The van der Waals surface area contributed by atoms with Gasteiger partial charge in [0, 0.05) is 23.6 Å². The second-order valence-electron chi connectivity index (χ2n) is 4.71. The zero-order valence-corrected chi connectivity index (χ0v) is 12.2. The molecule has 1 amide bonds. The lowest BCUT2D eigenvalue weighted by molar-refractivity contribution is -0.118. The van der Waals surface area contributed by atoms with E-state index in [-0.39, 0.29) is 18.6 Å². The second-order valence-corrected chi connectivity index (χ2v) is 4.71. The normalized spacial score (nSPS) is 12.0. The topological polar surface area (TPSA) is 63.5 Å². The summed E-state index contributed by atoms with van der Waals surface area (Å²) in [5.41, 5.74) is 1.30. The molecule has 1 unspecified atom stereocenters. The van der Waals surface area contributed by atoms with E-state index in [1.807, 2.05) is 42.9 Å². The van der Waals surface area contributed by atoms with Crippen molar-refractivity contribution in [2.75, 3.05) is 11.9 Å². The largest absolute Gasteiger partial charge is 0.494 e. The summed E-state index contributed by atoms with van der Waals surface area (Å²) in [6, 6.07) is 8.71. The first kappa shape index (κ1) is 15.1. The number of ether oxygens (including phenoxy) is 1. The molecular weight excluding hydrogens is 268 g/mol. The van der Waals surface area contributed by atoms with Crippen molar-refractivity contribution in [3.8, 4) is 5.75 Å². The molecule has 5 nitrogen and oxygen atoms in total. The van der Waals surface area contributed by atoms with Crippen LogP contribution in [-0.4, -0.2) is 22.2 Å². The Morgan fingerprint density at radius 3 is 2.71 bits per heavy atom. The number of hydrogen-bond donors (Lipinski definition) is 2. The van der Waals surface area contributed by atoms with Crippen LogP contribution in [0.3, 0.4) is 0 Å². The number of carbonyl (C=O) groups excluding carboxylic acids is 1. The van der Waals surface area contributed by atoms with E-state index in [0.717, 1.165) is 0 Å². The smallest absolute Gasteiger partial charge is 0.247 e. The molecule has 112 valence electrons. The quantitative estimate of drug-likeness (QED) is 0.858. The van der Waals surface area contributed by atoms with Gasteiger partial charge < -0.3 is 19.7 Å². The zero-order chi connectivity index (χ0) is 15.2. The van der Waals surface area contributed by atoms with Gasteiger partial charge in [-0.05, 0) is 44.2 Å². The van der Waals surface area contributed by atoms with E-state index in [2.05, 4.69) is 5.32 Å². The summed E-state index contributed by atoms with van der Waals surface area (Å²) in [7, 11) is 0. The van der Waals surface area contributed by atoms with Crippen LogP contribution in [0.5, 0.6) is 5.75 Å². The Balaban J connectivity index is 2.10. The monoisotopic (exact) mass is 288 g/mol. The van der Waals surface area contributed by atoms with Crippen LogP contribution >= 0.6 is 0 Å². The van der Waals surface area contributed by atoms with E-state index in [9.17, 15) is 9.90 Å². The maximum absolute atomic E-state index is 12.2. The molecule has 1 aromatic heterocycles. The number of hydrogen-bond acceptors (Lipinski definition) is 3. The van der Waals surface area contributed by atoms with Crippen LogP contribution < -0.4 is 10.1 Å². The lowest BCUT2D eigenvalue weighted by atomic mass is 10.1. The lowest BCUT2D eigenvalue weighted by Crippen LogP contribution is -2.22. The standard InChI is InChI=1S/C16H20N2O3/c1-3-21-15-7-6-14(10-13(15)11-19)17-16(20)12(2)18-8-4-5-9-18/h4-10,12,19H,3,11H2,1-2H3,(H,17,20). The van der Waals surface area contributed by atoms with Gasteiger partial charge in [-0.15, -0.1) is 0 Å². The third-order valence-electron chi connectivity index (χ3n) is 3.25. The number of nitrogens with one attached hydrogen (secondary N) is 1. The molecule has 1 atom stereocenters. The second kappa shape index (κ2) is 6.95. The maximum atomic E-state index is 12.2. The first-order valence-electron chi connectivity index (χ1n) is 6.95. The molecule has 0 bridgehead atoms. The van der Waals surface area contributed by atoms with Gasteiger partial charge in [-0.1, -0.05) is 0 Å². The van der Waals surface area contributed by atoms with Gasteiger partial charge in [0.2, 0.25) is 5.91 Å². The molecule has 0 saturated heterocycles. The van der Waals surface area contributed by atoms with E-state index in [0.29, 0.717) is 23.6 Å². The molecular formula is C16H20N2O3. The molecule has 0 radical (unpaired) electrons. The van der Waals surface area contributed by atoms with Crippen LogP contribution in [0.4, 0.5) is 5.69 Å². The molecule has 0 aliphatic carbocycles. The predicted octanol–water partition coefficient (Wildman–Crippen LogP) is 2.58. The fourth-order valence-electron chi connectivity index (χ4n) is 2.07. The van der Waals surface area contributed by atoms with Crippen LogP contribution in [0.2, 0.25) is 0 Å². The molecule has 0 aliphatic rings. The van der Waals surface area contributed by atoms with E-state index in [4.69, 9.17) is 4.74 Å². The van der Waals surface area contributed by atoms with E-state index in [1.54, 1.807) is 18.2 Å². The summed E-state index contributed by atoms with van der Waals surface area (Å²) < 4.78 is 7.25. The molecule has 5 heteroatoms. The lowest BCUT2D eigenvalue weighted by Gasteiger charge is -2.15. The number of aliphatic hydroxyl groups excluding tert-OH is 1. The Kier molecular flexibility index (Phi) is 5.00. The number of benzene rings is 1. The van der Waals surface area contributed by atoms with E-state index in [1.165, 1.54) is 0 Å². The number of aromatic nitrogens is 1. The van der Waals surface area contributed by atoms with Crippen LogP contribution in [0.25, 0.3) is 0 Å². The minimum atomic E-state index is -0.302. The highest BCUT2D eigenvalue weighted by molar-refractivity contribution is 5.93. The summed E-state index contributed by atoms with van der Waals surface area (Å²) >= 11 is 0. The first-order chi connectivity index (χ1) is 10.2. The van der Waals surface area contributed by atoms with Crippen molar-refractivity contribution in [2.45, 2.75) is 26.5 Å². The summed E-state index contributed by atoms with van der Waals surface area (Å²) in [5.74, 6) is 0.524. The zero-order valence-electron chi connectivity index (χ0n) is 12.2. The van der Waals surface area contributed by atoms with E-state index < -0.39 is 0 Å². The van der Waals surface area contributed by atoms with Crippen molar-refractivity contribution in [3.63, 3.8) is 0 Å². The van der Waals surface area contributed by atoms with Gasteiger partial charge in [-0.2, -0.15) is 0 Å². The van der Waals surface area contributed by atoms with E-state index >= 15 is 0 Å². The summed E-state index contributed by atoms with van der Waals surface area (Å²) in [6.07, 6.45) is 3.70. The number of rotatable bonds is 6. The third kappa shape index (κ3) is 3.64. The average Bonchev–Trinajstić information content (AvgIpc) is 3.02. The number of amides is 1. The number of carbonyl (C=O) groups is 1. The van der Waals surface area contributed by atoms with Crippen molar-refractivity contribution in [3.05, 3.63) is 48.3 Å². The van der Waals surface area contributed by atoms with Crippen LogP contribution in [0, 0.1) is 0 Å². The Labute approximate surface area is 124 Å².